The van der Waals surface area contributed by atoms with E-state index in [1.54, 1.807) is 0 Å². The molecule has 0 amide bonds. The van der Waals surface area contributed by atoms with Gasteiger partial charge in [-0.1, -0.05) is 30.3 Å². The van der Waals surface area contributed by atoms with Crippen molar-refractivity contribution in [3.63, 3.8) is 0 Å². The van der Waals surface area contributed by atoms with Crippen molar-refractivity contribution in [1.82, 2.24) is 25.9 Å². The summed E-state index contributed by atoms with van der Waals surface area (Å²) >= 11 is 0. The van der Waals surface area contributed by atoms with Crippen molar-refractivity contribution in [2.45, 2.75) is 38.6 Å². The van der Waals surface area contributed by atoms with Gasteiger partial charge in [-0.25, -0.2) is 0 Å². The van der Waals surface area contributed by atoms with Gasteiger partial charge in [0, 0.05) is 45.3 Å². The van der Waals surface area contributed by atoms with Gasteiger partial charge in [0.25, 0.3) is 0 Å². The summed E-state index contributed by atoms with van der Waals surface area (Å²) in [6, 6.07) is 12.5. The van der Waals surface area contributed by atoms with E-state index < -0.39 is 0 Å². The number of hydrogen-bond donors (Lipinski definition) is 5. The van der Waals surface area contributed by atoms with Crippen LogP contribution in [0.3, 0.4) is 0 Å². The van der Waals surface area contributed by atoms with Crippen molar-refractivity contribution in [3.8, 4) is 0 Å². The first-order valence-electron chi connectivity index (χ1n) is 13.1. The molecule has 2 heterocycles. The van der Waals surface area contributed by atoms with E-state index in [9.17, 15) is 0 Å². The Bertz CT molecular complexity index is 832. The molecular formula is C26H42N8. The van der Waals surface area contributed by atoms with Gasteiger partial charge in [0.1, 0.15) is 11.6 Å². The predicted octanol–water partition coefficient (Wildman–Crippen LogP) is 2.46. The van der Waals surface area contributed by atoms with Crippen LogP contribution in [0.15, 0.2) is 36.4 Å². The molecule has 1 aromatic carbocycles. The zero-order valence-corrected chi connectivity index (χ0v) is 20.4. The summed E-state index contributed by atoms with van der Waals surface area (Å²) in [4.78, 5) is 11.4. The van der Waals surface area contributed by atoms with E-state index >= 15 is 0 Å². The van der Waals surface area contributed by atoms with Crippen LogP contribution in [0.4, 0.5) is 17.6 Å². The molecule has 0 atom stereocenters. The molecular weight excluding hydrogens is 424 g/mol. The third-order valence-corrected chi connectivity index (χ3v) is 7.00. The van der Waals surface area contributed by atoms with E-state index in [4.69, 9.17) is 10.7 Å². The lowest BCUT2D eigenvalue weighted by Crippen LogP contribution is -2.44. The van der Waals surface area contributed by atoms with E-state index in [2.05, 4.69) is 61.5 Å². The minimum atomic E-state index is 0.538. The Labute approximate surface area is 204 Å². The number of benzene rings is 1. The van der Waals surface area contributed by atoms with Crippen LogP contribution in [0.2, 0.25) is 0 Å². The van der Waals surface area contributed by atoms with Crippen LogP contribution in [0, 0.1) is 11.8 Å². The lowest BCUT2D eigenvalue weighted by Gasteiger charge is -2.30. The van der Waals surface area contributed by atoms with Crippen molar-refractivity contribution < 1.29 is 0 Å². The number of nitrogen functional groups attached to an aromatic ring is 1. The van der Waals surface area contributed by atoms with Gasteiger partial charge in [0.05, 0.1) is 0 Å². The number of rotatable bonds is 12. The fraction of sp³-hybridized carbons (Fsp3) is 0.615. The van der Waals surface area contributed by atoms with Gasteiger partial charge in [0.15, 0.2) is 0 Å². The van der Waals surface area contributed by atoms with Crippen molar-refractivity contribution in [2.75, 3.05) is 68.3 Å². The Morgan fingerprint density at radius 3 is 2.38 bits per heavy atom. The summed E-state index contributed by atoms with van der Waals surface area (Å²) in [5, 5.41) is 14.0. The zero-order valence-electron chi connectivity index (χ0n) is 20.4. The number of nitrogens with one attached hydrogen (secondary N) is 4. The van der Waals surface area contributed by atoms with Crippen molar-refractivity contribution in [2.24, 2.45) is 11.8 Å². The van der Waals surface area contributed by atoms with Gasteiger partial charge < -0.3 is 31.9 Å². The van der Waals surface area contributed by atoms with Crippen LogP contribution in [0.25, 0.3) is 0 Å². The Hall–Kier alpha value is -2.42. The van der Waals surface area contributed by atoms with Crippen LogP contribution in [0.1, 0.15) is 37.7 Å². The second-order valence-electron chi connectivity index (χ2n) is 9.70. The summed E-state index contributed by atoms with van der Waals surface area (Å²) in [7, 11) is 0. The zero-order chi connectivity index (χ0) is 23.4. The summed E-state index contributed by atoms with van der Waals surface area (Å²) in [6.45, 7) is 9.05. The van der Waals surface area contributed by atoms with Crippen molar-refractivity contribution in [3.05, 3.63) is 42.0 Å². The van der Waals surface area contributed by atoms with Crippen LogP contribution >= 0.6 is 0 Å². The predicted molar refractivity (Wildman–Crippen MR) is 141 cm³/mol. The molecule has 2 aromatic rings. The summed E-state index contributed by atoms with van der Waals surface area (Å²) < 4.78 is 0. The highest BCUT2D eigenvalue weighted by molar-refractivity contribution is 5.51. The normalized spacial score (nSPS) is 20.9. The molecule has 2 aliphatic rings. The van der Waals surface area contributed by atoms with E-state index in [-0.39, 0.29) is 0 Å². The second kappa shape index (κ2) is 13.5. The van der Waals surface area contributed by atoms with E-state index in [1.807, 2.05) is 6.07 Å². The minimum Gasteiger partial charge on any atom is -0.383 e. The molecule has 186 valence electrons. The second-order valence-corrected chi connectivity index (χ2v) is 9.70. The third kappa shape index (κ3) is 8.11. The molecule has 1 aliphatic carbocycles. The first-order valence-corrected chi connectivity index (χ1v) is 13.1. The highest BCUT2D eigenvalue weighted by atomic mass is 15.3. The highest BCUT2D eigenvalue weighted by Crippen LogP contribution is 2.28. The standard InChI is InChI=1S/C26H42N8/c27-24-17-25(34-15-13-28-14-16-34)33-26(32-24)31-20-23-9-7-22(8-10-23)19-30-12-4-11-29-18-21-5-2-1-3-6-21/h1-3,5-6,17,22-23,28-30H,4,7-16,18-20H2,(H3,27,31,32,33)/t22-,23-. The minimum absolute atomic E-state index is 0.538. The van der Waals surface area contributed by atoms with Crippen molar-refractivity contribution >= 4 is 17.6 Å². The number of nitrogens with zero attached hydrogens (tertiary/aromatic N) is 3. The van der Waals surface area contributed by atoms with Gasteiger partial charge in [-0.2, -0.15) is 9.97 Å². The molecule has 1 aliphatic heterocycles. The Kier molecular flexibility index (Phi) is 9.78. The average Bonchev–Trinajstić information content (AvgIpc) is 2.88. The van der Waals surface area contributed by atoms with Crippen LogP contribution in [0.5, 0.6) is 0 Å². The van der Waals surface area contributed by atoms with Gasteiger partial charge in [0.2, 0.25) is 5.95 Å². The number of hydrogen-bond acceptors (Lipinski definition) is 8. The van der Waals surface area contributed by atoms with E-state index in [0.717, 1.165) is 70.6 Å². The molecule has 4 rings (SSSR count). The Morgan fingerprint density at radius 1 is 0.912 bits per heavy atom. The van der Waals surface area contributed by atoms with Gasteiger partial charge in [-0.15, -0.1) is 0 Å². The number of aromatic nitrogens is 2. The molecule has 1 aromatic heterocycles. The van der Waals surface area contributed by atoms with Crippen molar-refractivity contribution in [1.29, 1.82) is 0 Å². The Morgan fingerprint density at radius 2 is 1.62 bits per heavy atom. The lowest BCUT2D eigenvalue weighted by atomic mass is 9.82. The largest absolute Gasteiger partial charge is 0.383 e. The maximum Gasteiger partial charge on any atom is 0.226 e. The smallest absolute Gasteiger partial charge is 0.226 e. The van der Waals surface area contributed by atoms with Gasteiger partial charge in [-0.3, -0.25) is 0 Å². The summed E-state index contributed by atoms with van der Waals surface area (Å²) in [5.74, 6) is 3.62. The fourth-order valence-electron chi connectivity index (χ4n) is 4.94. The topological polar surface area (TPSA) is 103 Å². The molecule has 2 fully saturated rings. The Balaban J connectivity index is 1.07. The van der Waals surface area contributed by atoms with Gasteiger partial charge in [-0.05, 0) is 69.1 Å². The summed E-state index contributed by atoms with van der Waals surface area (Å²) in [6.07, 6.45) is 6.31. The average molecular weight is 467 g/mol. The molecule has 0 radical (unpaired) electrons. The number of piperazine rings is 1. The fourth-order valence-corrected chi connectivity index (χ4v) is 4.94. The molecule has 0 bridgehead atoms. The molecule has 8 heteroatoms. The SMILES string of the molecule is Nc1cc(N2CCNCC2)nc(NC[C@H]2CC[C@H](CNCCCNCc3ccccc3)CC2)n1. The number of nitrogens with two attached hydrogens (primary N) is 1. The molecule has 0 unspecified atom stereocenters. The van der Waals surface area contributed by atoms with Crippen LogP contribution in [-0.4, -0.2) is 62.3 Å². The molecule has 1 saturated heterocycles. The van der Waals surface area contributed by atoms with E-state index in [1.165, 1.54) is 37.7 Å². The maximum absolute atomic E-state index is 6.06. The molecule has 8 nitrogen and oxygen atoms in total. The third-order valence-electron chi connectivity index (χ3n) is 7.00. The van der Waals surface area contributed by atoms with E-state index in [0.29, 0.717) is 17.7 Å². The molecule has 0 spiro atoms. The molecule has 1 saturated carbocycles. The maximum atomic E-state index is 6.06. The quantitative estimate of drug-likeness (QED) is 0.304. The van der Waals surface area contributed by atoms with Gasteiger partial charge >= 0.3 is 0 Å². The highest BCUT2D eigenvalue weighted by Gasteiger charge is 2.21. The van der Waals surface area contributed by atoms with Crippen LogP contribution in [-0.2, 0) is 6.54 Å². The first kappa shape index (κ1) is 24.7. The number of anilines is 3. The summed E-state index contributed by atoms with van der Waals surface area (Å²) in [5.41, 5.74) is 7.41. The molecule has 34 heavy (non-hydrogen) atoms. The molecule has 6 N–H and O–H groups in total. The lowest BCUT2D eigenvalue weighted by molar-refractivity contribution is 0.276. The monoisotopic (exact) mass is 466 g/mol. The van der Waals surface area contributed by atoms with Crippen LogP contribution < -0.4 is 31.9 Å². The first-order chi connectivity index (χ1) is 16.8.